The van der Waals surface area contributed by atoms with E-state index in [9.17, 15) is 4.79 Å². The van der Waals surface area contributed by atoms with Gasteiger partial charge in [0.05, 0.1) is 0 Å². The maximum Gasteiger partial charge on any atom is 0.264 e. The third-order valence-electron chi connectivity index (χ3n) is 5.35. The highest BCUT2D eigenvalue weighted by Gasteiger charge is 2.29. The Labute approximate surface area is 172 Å². The Morgan fingerprint density at radius 1 is 1.07 bits per heavy atom. The fraction of sp³-hybridized carbons (Fsp3) is 0.182. The number of para-hydroxylation sites is 2. The molecule has 5 rings (SSSR count). The van der Waals surface area contributed by atoms with Gasteiger partial charge in [-0.3, -0.25) is 14.3 Å². The molecule has 0 radical (unpaired) electrons. The summed E-state index contributed by atoms with van der Waals surface area (Å²) in [5.41, 5.74) is 3.27. The molecule has 1 N–H and O–H groups in total. The lowest BCUT2D eigenvalue weighted by molar-refractivity contribution is 0.739. The van der Waals surface area contributed by atoms with E-state index in [0.717, 1.165) is 17.8 Å². The number of aromatic nitrogens is 4. The van der Waals surface area contributed by atoms with E-state index in [1.165, 1.54) is 5.56 Å². The molecule has 6 nitrogen and oxygen atoms in total. The van der Waals surface area contributed by atoms with Crippen LogP contribution in [0.4, 0.5) is 11.6 Å². The lowest BCUT2D eigenvalue weighted by Crippen LogP contribution is -2.28. The van der Waals surface area contributed by atoms with E-state index in [1.54, 1.807) is 0 Å². The second-order valence-corrected chi connectivity index (χ2v) is 7.66. The second-order valence-electron chi connectivity index (χ2n) is 7.28. The van der Waals surface area contributed by atoms with Gasteiger partial charge >= 0.3 is 0 Å². The lowest BCUT2D eigenvalue weighted by Gasteiger charge is -2.23. The Kier molecular flexibility index (Phi) is 4.06. The SMILES string of the molecule is Cc1nc2nc(N3c4ccccc4CC3C)[nH]c(=O)c2c(=S)n1-c1ccccc1. The van der Waals surface area contributed by atoms with Gasteiger partial charge < -0.3 is 4.90 Å². The molecule has 29 heavy (non-hydrogen) atoms. The Morgan fingerprint density at radius 3 is 2.59 bits per heavy atom. The van der Waals surface area contributed by atoms with Crippen molar-refractivity contribution < 1.29 is 0 Å². The number of fused-ring (bicyclic) bond motifs is 2. The zero-order valence-electron chi connectivity index (χ0n) is 16.1. The molecule has 2 aromatic carbocycles. The first kappa shape index (κ1) is 17.8. The summed E-state index contributed by atoms with van der Waals surface area (Å²) in [5, 5.41) is 0.332. The molecule has 0 fully saturated rings. The van der Waals surface area contributed by atoms with E-state index >= 15 is 0 Å². The topological polar surface area (TPSA) is 66.8 Å². The zero-order chi connectivity index (χ0) is 20.1. The fourth-order valence-electron chi connectivity index (χ4n) is 4.07. The van der Waals surface area contributed by atoms with Crippen molar-refractivity contribution in [3.05, 3.63) is 81.0 Å². The molecule has 1 unspecified atom stereocenters. The molecule has 0 spiro atoms. The van der Waals surface area contributed by atoms with E-state index in [1.807, 2.05) is 54.0 Å². The van der Waals surface area contributed by atoms with Gasteiger partial charge in [0, 0.05) is 17.4 Å². The van der Waals surface area contributed by atoms with E-state index in [2.05, 4.69) is 33.9 Å². The summed E-state index contributed by atoms with van der Waals surface area (Å²) in [4.78, 5) is 27.4. The number of hydrogen-bond donors (Lipinski definition) is 1. The van der Waals surface area contributed by atoms with Crippen molar-refractivity contribution >= 4 is 34.9 Å². The Bertz CT molecular complexity index is 1360. The van der Waals surface area contributed by atoms with Gasteiger partial charge in [-0.2, -0.15) is 4.98 Å². The van der Waals surface area contributed by atoms with Crippen molar-refractivity contribution in [3.63, 3.8) is 0 Å². The van der Waals surface area contributed by atoms with Crippen LogP contribution in [0, 0.1) is 11.6 Å². The van der Waals surface area contributed by atoms with Crippen LogP contribution in [0.2, 0.25) is 0 Å². The number of nitrogens with zero attached hydrogens (tertiary/aromatic N) is 4. The summed E-state index contributed by atoms with van der Waals surface area (Å²) >= 11 is 5.66. The molecule has 0 bridgehead atoms. The van der Waals surface area contributed by atoms with Crippen molar-refractivity contribution in [2.75, 3.05) is 4.90 Å². The number of nitrogens with one attached hydrogen (secondary N) is 1. The van der Waals surface area contributed by atoms with Crippen LogP contribution in [0.15, 0.2) is 59.4 Å². The molecule has 0 amide bonds. The minimum Gasteiger partial charge on any atom is -0.309 e. The van der Waals surface area contributed by atoms with Gasteiger partial charge in [-0.15, -0.1) is 0 Å². The zero-order valence-corrected chi connectivity index (χ0v) is 16.9. The van der Waals surface area contributed by atoms with Crippen molar-refractivity contribution in [2.45, 2.75) is 26.3 Å². The molecule has 0 saturated heterocycles. The van der Waals surface area contributed by atoms with E-state index in [-0.39, 0.29) is 11.6 Å². The molecule has 0 saturated carbocycles. The van der Waals surface area contributed by atoms with Crippen LogP contribution in [-0.2, 0) is 6.42 Å². The minimum atomic E-state index is -0.274. The fourth-order valence-corrected chi connectivity index (χ4v) is 4.49. The summed E-state index contributed by atoms with van der Waals surface area (Å²) in [6.07, 6.45) is 0.902. The standard InChI is InChI=1S/C22H19N5OS/c1-13-12-15-8-6-7-11-17(15)26(13)22-24-19-18(20(28)25-22)21(29)27(14(2)23-19)16-9-4-3-5-10-16/h3-11,13H,12H2,1-2H3,(H,24,25,28). The average molecular weight is 401 g/mol. The van der Waals surface area contributed by atoms with Gasteiger partial charge in [0.25, 0.3) is 5.56 Å². The van der Waals surface area contributed by atoms with Gasteiger partial charge in [0.1, 0.15) is 15.9 Å². The summed E-state index contributed by atoms with van der Waals surface area (Å²) in [6.45, 7) is 3.99. The van der Waals surface area contributed by atoms with Crippen molar-refractivity contribution in [1.29, 1.82) is 0 Å². The average Bonchev–Trinajstić information content (AvgIpc) is 3.03. The van der Waals surface area contributed by atoms with E-state index in [4.69, 9.17) is 17.2 Å². The van der Waals surface area contributed by atoms with E-state index in [0.29, 0.717) is 27.4 Å². The highest BCUT2D eigenvalue weighted by atomic mass is 32.1. The maximum absolute atomic E-state index is 13.0. The highest BCUT2D eigenvalue weighted by Crippen LogP contribution is 2.36. The Balaban J connectivity index is 1.73. The van der Waals surface area contributed by atoms with Crippen LogP contribution >= 0.6 is 12.2 Å². The van der Waals surface area contributed by atoms with E-state index < -0.39 is 0 Å². The molecular formula is C22H19N5OS. The van der Waals surface area contributed by atoms with Gasteiger partial charge in [-0.25, -0.2) is 4.98 Å². The molecule has 144 valence electrons. The molecule has 1 aliphatic heterocycles. The number of aryl methyl sites for hydroxylation is 1. The first-order valence-electron chi connectivity index (χ1n) is 9.51. The van der Waals surface area contributed by atoms with Crippen LogP contribution in [0.5, 0.6) is 0 Å². The third kappa shape index (κ3) is 2.77. The number of rotatable bonds is 2. The normalized spacial score (nSPS) is 15.7. The van der Waals surface area contributed by atoms with Crippen LogP contribution < -0.4 is 10.5 Å². The Morgan fingerprint density at radius 2 is 1.79 bits per heavy atom. The van der Waals surface area contributed by atoms with Crippen LogP contribution in [0.25, 0.3) is 16.7 Å². The molecule has 1 aliphatic rings. The number of hydrogen-bond acceptors (Lipinski definition) is 5. The van der Waals surface area contributed by atoms with Gasteiger partial charge in [-0.1, -0.05) is 48.6 Å². The lowest BCUT2D eigenvalue weighted by atomic mass is 10.1. The summed E-state index contributed by atoms with van der Waals surface area (Å²) in [6, 6.07) is 18.0. The van der Waals surface area contributed by atoms with Gasteiger partial charge in [-0.05, 0) is 44.0 Å². The first-order chi connectivity index (χ1) is 14.0. The van der Waals surface area contributed by atoms with Gasteiger partial charge in [0.2, 0.25) is 5.95 Å². The quantitative estimate of drug-likeness (QED) is 0.509. The predicted molar refractivity (Wildman–Crippen MR) is 117 cm³/mol. The van der Waals surface area contributed by atoms with Crippen molar-refractivity contribution in [2.24, 2.45) is 0 Å². The number of H-pyrrole nitrogens is 1. The number of benzene rings is 2. The molecule has 0 aliphatic carbocycles. The van der Waals surface area contributed by atoms with Crippen molar-refractivity contribution in [1.82, 2.24) is 19.5 Å². The molecule has 4 aromatic rings. The number of aromatic amines is 1. The first-order valence-corrected chi connectivity index (χ1v) is 9.91. The summed E-state index contributed by atoms with van der Waals surface area (Å²) < 4.78 is 2.22. The van der Waals surface area contributed by atoms with Crippen molar-refractivity contribution in [3.8, 4) is 5.69 Å². The largest absolute Gasteiger partial charge is 0.309 e. The summed E-state index contributed by atoms with van der Waals surface area (Å²) in [5.74, 6) is 1.19. The molecule has 3 heterocycles. The Hall–Kier alpha value is -3.32. The molecule has 1 atom stereocenters. The van der Waals surface area contributed by atoms with Crippen LogP contribution in [-0.4, -0.2) is 25.6 Å². The monoisotopic (exact) mass is 401 g/mol. The van der Waals surface area contributed by atoms with Crippen LogP contribution in [0.1, 0.15) is 18.3 Å². The van der Waals surface area contributed by atoms with Gasteiger partial charge in [0.15, 0.2) is 5.65 Å². The molecule has 7 heteroatoms. The minimum absolute atomic E-state index is 0.190. The summed E-state index contributed by atoms with van der Waals surface area (Å²) in [7, 11) is 0. The predicted octanol–water partition coefficient (Wildman–Crippen LogP) is 4.23. The smallest absolute Gasteiger partial charge is 0.264 e. The molecule has 2 aromatic heterocycles. The highest BCUT2D eigenvalue weighted by molar-refractivity contribution is 7.71. The molecular weight excluding hydrogens is 382 g/mol. The number of anilines is 2. The second kappa shape index (κ2) is 6.63. The maximum atomic E-state index is 13.0. The van der Waals surface area contributed by atoms with Crippen LogP contribution in [0.3, 0.4) is 0 Å². The third-order valence-corrected chi connectivity index (χ3v) is 5.73.